The van der Waals surface area contributed by atoms with Gasteiger partial charge in [0.05, 0.1) is 25.3 Å². The highest BCUT2D eigenvalue weighted by Gasteiger charge is 2.38. The van der Waals surface area contributed by atoms with Gasteiger partial charge in [0.2, 0.25) is 82.7 Å². The van der Waals surface area contributed by atoms with Crippen LogP contribution in [0.2, 0.25) is 0 Å². The van der Waals surface area contributed by atoms with E-state index in [2.05, 4.69) is 79.1 Å². The first-order valence-electron chi connectivity index (χ1n) is 37.7. The van der Waals surface area contributed by atoms with Crippen molar-refractivity contribution in [1.82, 2.24) is 79.1 Å². The summed E-state index contributed by atoms with van der Waals surface area (Å²) in [5, 5.41) is 55.1. The molecule has 1 aliphatic rings. The number of fused-ring (bicyclic) bond motifs is 3. The lowest BCUT2D eigenvalue weighted by Crippen LogP contribution is -2.62. The average Bonchev–Trinajstić information content (AvgIpc) is 1.73. The van der Waals surface area contributed by atoms with E-state index in [1.165, 1.54) is 0 Å². The smallest absolute Gasteiger partial charge is 0.245 e. The third kappa shape index (κ3) is 27.1. The average molecular weight is 1580 g/mol. The molecule has 14 amide bonds. The molecule has 4 aromatic carbocycles. The molecule has 610 valence electrons. The third-order valence-electron chi connectivity index (χ3n) is 19.0. The van der Waals surface area contributed by atoms with Crippen molar-refractivity contribution in [2.75, 3.05) is 37.7 Å². The Kier molecular flexibility index (Phi) is 34.3. The predicted molar refractivity (Wildman–Crippen MR) is 425 cm³/mol. The standard InChI is InChI=1S/C77H106N20O15S/c1-6-7-21-53-70(106)94-59(38-98)67(103)86-37-62(100)87-52(25-16-29-83-77(81)82)68(104)93-58(34-61(79)99)72(108)92-57(33-47-36-85-51-23-13-11-20-49(47)51)74(110)96-64(41(2)3)75(111)90-54(24-14-15-28-78)69(105)91-56(32-46-35-84-50-22-12-10-19-48(46)50)73(109)97-65(42(4)5)76(112)95-60(66(80)102)39-113-40-63(101)88-55(71(107)89-53)31-43-26-27-44-17-8-9-18-45(44)30-43/h8-13,17-20,22-23,26-27,30,35-36,41-42,52-60,64-65,84-85,98H,6-7,14-16,21,24-25,28-29,31-34,37-40,78H2,1-5H3,(H2,79,99)(H2,80,102)(H,86,103)(H,87,100)(H,88,101)(H,89,107)(H,90,111)(H,91,105)(H,92,108)(H,93,104)(H,94,106)(H,95,112)(H,96,110)(H,97,109)(H4,81,82,83)/t52-,53-,54-,55-,56-,57-,58-,59-,60-,64-,65-/m0/s1. The largest absolute Gasteiger partial charge is 0.394 e. The van der Waals surface area contributed by atoms with E-state index in [4.69, 9.17) is 28.3 Å². The lowest BCUT2D eigenvalue weighted by molar-refractivity contribution is -0.137. The van der Waals surface area contributed by atoms with Crippen molar-refractivity contribution in [1.29, 1.82) is 5.41 Å². The second kappa shape index (κ2) is 43.8. The number of aromatic amines is 2. The van der Waals surface area contributed by atoms with Gasteiger partial charge in [0.25, 0.3) is 0 Å². The van der Waals surface area contributed by atoms with Gasteiger partial charge in [-0.3, -0.25) is 72.5 Å². The molecule has 6 aromatic rings. The van der Waals surface area contributed by atoms with Crippen LogP contribution in [-0.2, 0) is 86.4 Å². The molecule has 36 heteroatoms. The molecule has 1 aliphatic heterocycles. The van der Waals surface area contributed by atoms with Crippen LogP contribution in [0.5, 0.6) is 0 Å². The van der Waals surface area contributed by atoms with Gasteiger partial charge < -0.3 is 107 Å². The molecule has 3 heterocycles. The van der Waals surface area contributed by atoms with Crippen LogP contribution in [0.1, 0.15) is 109 Å². The second-order valence-electron chi connectivity index (χ2n) is 28.5. The molecular weight excluding hydrogens is 1480 g/mol. The molecule has 0 radical (unpaired) electrons. The molecule has 113 heavy (non-hydrogen) atoms. The Labute approximate surface area is 657 Å². The number of nitrogens with one attached hydrogen (secondary N) is 16. The Bertz CT molecular complexity index is 4380. The van der Waals surface area contributed by atoms with Crippen molar-refractivity contribution >= 4 is 133 Å². The number of carbonyl (C=O) groups is 14. The maximum Gasteiger partial charge on any atom is 0.245 e. The zero-order valence-electron chi connectivity index (χ0n) is 63.9. The molecule has 0 bridgehead atoms. The Hall–Kier alpha value is -11.7. The third-order valence-corrected chi connectivity index (χ3v) is 20.0. The number of hydrogen-bond donors (Lipinski definition) is 21. The van der Waals surface area contributed by atoms with E-state index in [0.29, 0.717) is 57.8 Å². The molecule has 35 nitrogen and oxygen atoms in total. The number of hydrogen-bond acceptors (Lipinski definition) is 18. The van der Waals surface area contributed by atoms with Gasteiger partial charge >= 0.3 is 0 Å². The second-order valence-corrected chi connectivity index (χ2v) is 29.6. The fraction of sp³-hybridized carbons (Fsp3) is 0.468. The van der Waals surface area contributed by atoms with Crippen LogP contribution in [0.3, 0.4) is 0 Å². The normalized spacial score (nSPS) is 22.8. The number of benzene rings is 4. The number of aliphatic hydroxyl groups excluding tert-OH is 1. The Balaban J connectivity index is 1.26. The number of para-hydroxylation sites is 2. The van der Waals surface area contributed by atoms with Crippen molar-refractivity contribution in [2.45, 2.75) is 178 Å². The van der Waals surface area contributed by atoms with Crippen molar-refractivity contribution in [3.05, 3.63) is 120 Å². The molecule has 11 atom stereocenters. The summed E-state index contributed by atoms with van der Waals surface area (Å²) in [4.78, 5) is 207. The fourth-order valence-corrected chi connectivity index (χ4v) is 13.7. The summed E-state index contributed by atoms with van der Waals surface area (Å²) in [5.41, 5.74) is 26.0. The zero-order valence-corrected chi connectivity index (χ0v) is 64.7. The zero-order chi connectivity index (χ0) is 82.4. The van der Waals surface area contributed by atoms with Crippen LogP contribution in [0.15, 0.2) is 103 Å². The number of unbranched alkanes of at least 4 members (excludes halogenated alkanes) is 2. The van der Waals surface area contributed by atoms with Gasteiger partial charge in [-0.2, -0.15) is 0 Å². The number of amides is 14. The summed E-state index contributed by atoms with van der Waals surface area (Å²) in [6.07, 6.45) is 3.06. The van der Waals surface area contributed by atoms with Gasteiger partial charge in [-0.15, -0.1) is 11.8 Å². The monoisotopic (exact) mass is 1580 g/mol. The van der Waals surface area contributed by atoms with Crippen LogP contribution in [0, 0.1) is 17.2 Å². The highest BCUT2D eigenvalue weighted by Crippen LogP contribution is 2.23. The topological polar surface area (TPSA) is 575 Å². The lowest BCUT2D eigenvalue weighted by Gasteiger charge is -2.29. The number of aromatic nitrogens is 2. The minimum absolute atomic E-state index is 0.00424. The molecule has 0 spiro atoms. The van der Waals surface area contributed by atoms with Crippen molar-refractivity contribution < 1.29 is 72.2 Å². The van der Waals surface area contributed by atoms with Gasteiger partial charge in [-0.25, -0.2) is 0 Å². The first kappa shape index (κ1) is 88.6. The van der Waals surface area contributed by atoms with Crippen molar-refractivity contribution in [3.8, 4) is 0 Å². The van der Waals surface area contributed by atoms with E-state index < -0.39 is 192 Å². The first-order valence-corrected chi connectivity index (χ1v) is 38.8. The van der Waals surface area contributed by atoms with E-state index in [1.807, 2.05) is 43.3 Å². The summed E-state index contributed by atoms with van der Waals surface area (Å²) >= 11 is 0.868. The molecule has 1 saturated heterocycles. The van der Waals surface area contributed by atoms with E-state index in [1.54, 1.807) is 94.7 Å². The van der Waals surface area contributed by atoms with Gasteiger partial charge in [0.15, 0.2) is 5.96 Å². The number of nitrogens with two attached hydrogens (primary N) is 4. The molecule has 0 saturated carbocycles. The maximum atomic E-state index is 15.1. The molecule has 2 aromatic heterocycles. The van der Waals surface area contributed by atoms with E-state index in [9.17, 15) is 57.8 Å². The highest BCUT2D eigenvalue weighted by atomic mass is 32.2. The first-order chi connectivity index (χ1) is 54.0. The number of H-pyrrole nitrogens is 2. The molecule has 1 fully saturated rings. The quantitative estimate of drug-likeness (QED) is 0.0193. The number of primary amides is 2. The van der Waals surface area contributed by atoms with Crippen molar-refractivity contribution in [3.63, 3.8) is 0 Å². The number of rotatable bonds is 23. The van der Waals surface area contributed by atoms with Crippen LogP contribution in [-0.4, -0.2) is 208 Å². The summed E-state index contributed by atoms with van der Waals surface area (Å²) < 4.78 is 0. The number of thioether (sulfide) groups is 1. The van der Waals surface area contributed by atoms with Crippen LogP contribution in [0.25, 0.3) is 32.6 Å². The number of guanidine groups is 1. The SMILES string of the molecule is CCCC[C@@H]1NC(=O)[C@H](Cc2ccc3ccccc3c2)NC(=O)CSC[C@@H](C(N)=O)NC(=O)[C@H](C(C)C)NC(=O)[C@H](Cc2c[nH]c3ccccc23)NC(=O)[C@H](CCCCN)NC(=O)[C@H](C(C)C)NC(=O)[C@H](Cc2c[nH]c3ccccc23)NC(=O)[C@H](CC(N)=O)NC(=O)[C@H](CCCNC(=N)N)NC(=O)CNC(=O)[C@H](CO)NC1=O. The molecule has 0 unspecified atom stereocenters. The highest BCUT2D eigenvalue weighted by molar-refractivity contribution is 8.00. The summed E-state index contributed by atoms with van der Waals surface area (Å²) in [5.74, 6) is -16.0. The molecule has 7 rings (SSSR count). The number of aliphatic hydroxyl groups is 1. The summed E-state index contributed by atoms with van der Waals surface area (Å²) in [6, 6.07) is 10.2. The van der Waals surface area contributed by atoms with E-state index in [-0.39, 0.29) is 70.2 Å². The lowest BCUT2D eigenvalue weighted by atomic mass is 9.98. The maximum absolute atomic E-state index is 15.1. The molecular formula is C77H106N20O15S. The van der Waals surface area contributed by atoms with Crippen LogP contribution >= 0.6 is 11.8 Å². The minimum atomic E-state index is -1.86. The van der Waals surface area contributed by atoms with Gasteiger partial charge in [0, 0.05) is 65.8 Å². The Morgan fingerprint density at radius 1 is 0.504 bits per heavy atom. The minimum Gasteiger partial charge on any atom is -0.394 e. The van der Waals surface area contributed by atoms with Gasteiger partial charge in [-0.05, 0) is 96.5 Å². The van der Waals surface area contributed by atoms with E-state index in [0.717, 1.165) is 22.5 Å². The Morgan fingerprint density at radius 2 is 0.965 bits per heavy atom. The fourth-order valence-electron chi connectivity index (χ4n) is 12.8. The molecule has 0 aliphatic carbocycles. The van der Waals surface area contributed by atoms with Gasteiger partial charge in [0.1, 0.15) is 66.5 Å². The van der Waals surface area contributed by atoms with E-state index >= 15 is 14.4 Å². The van der Waals surface area contributed by atoms with Crippen LogP contribution in [0.4, 0.5) is 0 Å². The Morgan fingerprint density at radius 3 is 1.50 bits per heavy atom. The van der Waals surface area contributed by atoms with Crippen LogP contribution < -0.4 is 92.1 Å². The summed E-state index contributed by atoms with van der Waals surface area (Å²) in [6.45, 7) is 6.54. The molecule has 25 N–H and O–H groups in total. The van der Waals surface area contributed by atoms with Crippen molar-refractivity contribution in [2.24, 2.45) is 34.8 Å². The predicted octanol–water partition coefficient (Wildman–Crippen LogP) is -1.73. The number of carbonyl (C=O) groups excluding carboxylic acids is 14. The van der Waals surface area contributed by atoms with Gasteiger partial charge in [-0.1, -0.05) is 126 Å². The summed E-state index contributed by atoms with van der Waals surface area (Å²) in [7, 11) is 0.